The Morgan fingerprint density at radius 3 is 2.12 bits per heavy atom. The number of carbonyl (C=O) groups is 1. The normalized spacial score (nSPS) is 9.96. The van der Waals surface area contributed by atoms with Gasteiger partial charge < -0.3 is 24.8 Å². The maximum Gasteiger partial charge on any atom is 0.239 e. The molecule has 0 heterocycles. The lowest BCUT2D eigenvalue weighted by molar-refractivity contribution is -0.119. The molecule has 2 rings (SSSR count). The van der Waals surface area contributed by atoms with Crippen LogP contribution in [0.5, 0.6) is 17.2 Å². The van der Waals surface area contributed by atoms with Crippen molar-refractivity contribution in [3.8, 4) is 17.2 Å². The number of amides is 1. The number of ether oxygens (including phenoxy) is 3. The number of benzene rings is 2. The van der Waals surface area contributed by atoms with Crippen LogP contribution in [0.25, 0.3) is 0 Å². The summed E-state index contributed by atoms with van der Waals surface area (Å²) in [5.74, 6) is 1.54. The number of nitrogens with one attached hydrogen (secondary N) is 2. The molecule has 0 atom stereocenters. The molecule has 0 fully saturated rings. The molecule has 0 aliphatic heterocycles. The van der Waals surface area contributed by atoms with E-state index in [1.165, 1.54) is 0 Å². The van der Waals surface area contributed by atoms with Crippen LogP contribution in [0.3, 0.4) is 0 Å². The second-order valence-corrected chi connectivity index (χ2v) is 5.03. The van der Waals surface area contributed by atoms with Gasteiger partial charge in [-0.1, -0.05) is 18.2 Å². The molecule has 2 aromatic carbocycles. The summed E-state index contributed by atoms with van der Waals surface area (Å²) in [6, 6.07) is 13.2. The molecule has 2 N–H and O–H groups in total. The molecule has 0 aliphatic carbocycles. The van der Waals surface area contributed by atoms with E-state index in [0.717, 1.165) is 11.3 Å². The first-order valence-corrected chi connectivity index (χ1v) is 7.52. The second-order valence-electron chi connectivity index (χ2n) is 5.03. The number of carbonyl (C=O) groups excluding carboxylic acids is 1. The summed E-state index contributed by atoms with van der Waals surface area (Å²) < 4.78 is 15.9. The van der Waals surface area contributed by atoms with E-state index >= 15 is 0 Å². The molecule has 0 bridgehead atoms. The Kier molecular flexibility index (Phi) is 6.31. The van der Waals surface area contributed by atoms with Crippen molar-refractivity contribution in [1.29, 1.82) is 0 Å². The Morgan fingerprint density at radius 2 is 1.58 bits per heavy atom. The first kappa shape index (κ1) is 17.5. The van der Waals surface area contributed by atoms with Gasteiger partial charge >= 0.3 is 0 Å². The second kappa shape index (κ2) is 8.67. The van der Waals surface area contributed by atoms with Crippen molar-refractivity contribution in [3.05, 3.63) is 48.0 Å². The third-order valence-corrected chi connectivity index (χ3v) is 3.44. The Labute approximate surface area is 141 Å². The Hall–Kier alpha value is -2.89. The van der Waals surface area contributed by atoms with Gasteiger partial charge in [-0.2, -0.15) is 0 Å². The monoisotopic (exact) mass is 330 g/mol. The van der Waals surface area contributed by atoms with E-state index < -0.39 is 0 Å². The largest absolute Gasteiger partial charge is 0.493 e. The van der Waals surface area contributed by atoms with Crippen LogP contribution in [0.4, 0.5) is 5.69 Å². The average Bonchev–Trinajstić information content (AvgIpc) is 2.64. The van der Waals surface area contributed by atoms with E-state index in [1.54, 1.807) is 21.3 Å². The van der Waals surface area contributed by atoms with Crippen molar-refractivity contribution in [1.82, 2.24) is 5.32 Å². The molecule has 128 valence electrons. The van der Waals surface area contributed by atoms with Gasteiger partial charge in [-0.25, -0.2) is 0 Å². The van der Waals surface area contributed by atoms with Gasteiger partial charge in [0.2, 0.25) is 11.7 Å². The third kappa shape index (κ3) is 4.55. The maximum absolute atomic E-state index is 12.0. The van der Waals surface area contributed by atoms with Crippen LogP contribution < -0.4 is 24.8 Å². The Balaban J connectivity index is 1.94. The van der Waals surface area contributed by atoms with E-state index in [9.17, 15) is 4.79 Å². The van der Waals surface area contributed by atoms with Crippen molar-refractivity contribution >= 4 is 11.6 Å². The van der Waals surface area contributed by atoms with Crippen LogP contribution in [-0.4, -0.2) is 33.8 Å². The number of rotatable bonds is 8. The van der Waals surface area contributed by atoms with E-state index in [1.807, 2.05) is 42.5 Å². The smallest absolute Gasteiger partial charge is 0.239 e. The minimum atomic E-state index is -0.104. The molecule has 0 spiro atoms. The van der Waals surface area contributed by atoms with E-state index in [-0.39, 0.29) is 12.5 Å². The predicted molar refractivity (Wildman–Crippen MR) is 92.9 cm³/mol. The number of hydrogen-bond acceptors (Lipinski definition) is 5. The Bertz CT molecular complexity index is 649. The van der Waals surface area contributed by atoms with Crippen LogP contribution in [0.2, 0.25) is 0 Å². The van der Waals surface area contributed by atoms with Crippen molar-refractivity contribution in [3.63, 3.8) is 0 Å². The highest BCUT2D eigenvalue weighted by Gasteiger charge is 2.13. The average molecular weight is 330 g/mol. The molecule has 6 heteroatoms. The standard InChI is InChI=1S/C18H22N2O4/c1-22-15-9-13(10-16(23-2)18(15)24-3)11-20-17(21)12-19-14-7-5-4-6-8-14/h4-10,19H,11-12H2,1-3H3,(H,20,21). The lowest BCUT2D eigenvalue weighted by Crippen LogP contribution is -2.29. The van der Waals surface area contributed by atoms with Crippen LogP contribution in [0.1, 0.15) is 5.56 Å². The van der Waals surface area contributed by atoms with E-state index in [4.69, 9.17) is 14.2 Å². The predicted octanol–water partition coefficient (Wildman–Crippen LogP) is 2.44. The van der Waals surface area contributed by atoms with Crippen molar-refractivity contribution < 1.29 is 19.0 Å². The zero-order valence-corrected chi connectivity index (χ0v) is 14.1. The summed E-state index contributed by atoms with van der Waals surface area (Å²) in [6.07, 6.45) is 0. The van der Waals surface area contributed by atoms with Crippen molar-refractivity contribution in [2.45, 2.75) is 6.54 Å². The third-order valence-electron chi connectivity index (χ3n) is 3.44. The van der Waals surface area contributed by atoms with Crippen LogP contribution in [-0.2, 0) is 11.3 Å². The summed E-state index contributed by atoms with van der Waals surface area (Å²) >= 11 is 0. The van der Waals surface area contributed by atoms with E-state index in [0.29, 0.717) is 23.8 Å². The topological polar surface area (TPSA) is 68.8 Å². The number of anilines is 1. The highest BCUT2D eigenvalue weighted by molar-refractivity contribution is 5.80. The number of para-hydroxylation sites is 1. The summed E-state index contributed by atoms with van der Waals surface area (Å²) in [5.41, 5.74) is 1.76. The number of methoxy groups -OCH3 is 3. The molecule has 0 saturated carbocycles. The molecule has 6 nitrogen and oxygen atoms in total. The minimum absolute atomic E-state index is 0.104. The molecule has 0 radical (unpaired) electrons. The van der Waals surface area contributed by atoms with Gasteiger partial charge in [0.25, 0.3) is 0 Å². The molecule has 0 unspecified atom stereocenters. The summed E-state index contributed by atoms with van der Waals surface area (Å²) in [4.78, 5) is 12.0. The zero-order chi connectivity index (χ0) is 17.4. The van der Waals surface area contributed by atoms with Crippen molar-refractivity contribution in [2.75, 3.05) is 33.2 Å². The summed E-state index contributed by atoms with van der Waals surface area (Å²) in [5, 5.41) is 5.92. The lowest BCUT2D eigenvalue weighted by Gasteiger charge is -2.14. The highest BCUT2D eigenvalue weighted by Crippen LogP contribution is 2.38. The maximum atomic E-state index is 12.0. The molecule has 0 aliphatic rings. The van der Waals surface area contributed by atoms with Crippen LogP contribution in [0.15, 0.2) is 42.5 Å². The van der Waals surface area contributed by atoms with Gasteiger partial charge in [0, 0.05) is 12.2 Å². The first-order valence-electron chi connectivity index (χ1n) is 7.52. The molecular weight excluding hydrogens is 308 g/mol. The quantitative estimate of drug-likeness (QED) is 0.778. The first-order chi connectivity index (χ1) is 11.7. The van der Waals surface area contributed by atoms with Gasteiger partial charge in [-0.3, -0.25) is 4.79 Å². The fourth-order valence-corrected chi connectivity index (χ4v) is 2.24. The van der Waals surface area contributed by atoms with Crippen LogP contribution >= 0.6 is 0 Å². The van der Waals surface area contributed by atoms with Gasteiger partial charge in [-0.05, 0) is 29.8 Å². The fourth-order valence-electron chi connectivity index (χ4n) is 2.24. The molecule has 0 saturated heterocycles. The van der Waals surface area contributed by atoms with E-state index in [2.05, 4.69) is 10.6 Å². The molecule has 0 aromatic heterocycles. The highest BCUT2D eigenvalue weighted by atomic mass is 16.5. The minimum Gasteiger partial charge on any atom is -0.493 e. The zero-order valence-electron chi connectivity index (χ0n) is 14.1. The van der Waals surface area contributed by atoms with Gasteiger partial charge in [0.1, 0.15) is 0 Å². The van der Waals surface area contributed by atoms with Gasteiger partial charge in [0.15, 0.2) is 11.5 Å². The van der Waals surface area contributed by atoms with Crippen molar-refractivity contribution in [2.24, 2.45) is 0 Å². The fraction of sp³-hybridized carbons (Fsp3) is 0.278. The number of hydrogen-bond donors (Lipinski definition) is 2. The molecule has 2 aromatic rings. The SMILES string of the molecule is COc1cc(CNC(=O)CNc2ccccc2)cc(OC)c1OC. The van der Waals surface area contributed by atoms with Gasteiger partial charge in [-0.15, -0.1) is 0 Å². The summed E-state index contributed by atoms with van der Waals surface area (Å²) in [7, 11) is 4.67. The summed E-state index contributed by atoms with van der Waals surface area (Å²) in [6.45, 7) is 0.570. The molecule has 1 amide bonds. The lowest BCUT2D eigenvalue weighted by atomic mass is 10.1. The van der Waals surface area contributed by atoms with Crippen LogP contribution in [0, 0.1) is 0 Å². The van der Waals surface area contributed by atoms with Gasteiger partial charge in [0.05, 0.1) is 27.9 Å². The molecular formula is C18H22N2O4. The Morgan fingerprint density at radius 1 is 0.958 bits per heavy atom. The molecule has 24 heavy (non-hydrogen) atoms.